The molecule has 0 saturated carbocycles. The van der Waals surface area contributed by atoms with Crippen LogP contribution in [0.15, 0.2) is 76.8 Å². The number of amidine groups is 1. The Kier molecular flexibility index (Phi) is 7.22. The van der Waals surface area contributed by atoms with Gasteiger partial charge in [-0.3, -0.25) is 9.78 Å². The van der Waals surface area contributed by atoms with Crippen LogP contribution in [0.5, 0.6) is 0 Å². The summed E-state index contributed by atoms with van der Waals surface area (Å²) in [6.45, 7) is 0.562. The number of carbonyl (C=O) groups is 1. The van der Waals surface area contributed by atoms with Gasteiger partial charge < -0.3 is 30.8 Å². The molecular formula is C27H23F3N7O3-. The van der Waals surface area contributed by atoms with Gasteiger partial charge in [-0.25, -0.2) is 4.99 Å². The van der Waals surface area contributed by atoms with Crippen LogP contribution in [0.4, 0.5) is 24.5 Å². The van der Waals surface area contributed by atoms with E-state index in [2.05, 4.69) is 20.3 Å². The van der Waals surface area contributed by atoms with Crippen molar-refractivity contribution in [2.24, 2.45) is 15.7 Å². The molecule has 0 bridgehead atoms. The first-order valence-electron chi connectivity index (χ1n) is 12.1. The number of benzodiazepines with no additional fused rings is 1. The van der Waals surface area contributed by atoms with E-state index in [1.54, 1.807) is 29.2 Å². The summed E-state index contributed by atoms with van der Waals surface area (Å²) in [5.41, 5.74) is 6.98. The van der Waals surface area contributed by atoms with Crippen LogP contribution < -0.4 is 16.0 Å². The predicted molar refractivity (Wildman–Crippen MR) is 143 cm³/mol. The van der Waals surface area contributed by atoms with E-state index in [9.17, 15) is 23.4 Å². The van der Waals surface area contributed by atoms with E-state index in [1.165, 1.54) is 7.11 Å². The molecule has 0 spiro atoms. The minimum absolute atomic E-state index is 0.0273. The number of alkyl halides is 3. The standard InChI is InChI=1S/C27H23F3N7O3/c1-39-17-13-37(14-17)20-11-16(27(28,29)30)12-33-22(20)23(31)40-26(32)36-24-25(38)34-19-10-6-5-9-18(19)21(35-24)15-7-3-2-4-8-15/h2-12,17,24H,13-14H2,1H3,(H2,32,36)(H,34,38)/q-1/t24-/m1/s1. The van der Waals surface area contributed by atoms with Gasteiger partial charge >= 0.3 is 6.18 Å². The molecule has 2 aromatic carbocycles. The van der Waals surface area contributed by atoms with Gasteiger partial charge in [0.2, 0.25) is 6.17 Å². The number of hydrogen-bond acceptors (Lipinski definition) is 7. The number of aromatic nitrogens is 1. The number of ether oxygens (including phenoxy) is 2. The van der Waals surface area contributed by atoms with Crippen molar-refractivity contribution >= 4 is 34.9 Å². The fourth-order valence-corrected chi connectivity index (χ4v) is 4.25. The molecule has 1 atom stereocenters. The molecule has 3 heterocycles. The summed E-state index contributed by atoms with van der Waals surface area (Å²) in [5.74, 6) is -1.50. The van der Waals surface area contributed by atoms with E-state index in [0.717, 1.165) is 11.6 Å². The highest BCUT2D eigenvalue weighted by Gasteiger charge is 2.35. The lowest BCUT2D eigenvalue weighted by atomic mass is 10.0. The summed E-state index contributed by atoms with van der Waals surface area (Å²) in [7, 11) is 1.49. The van der Waals surface area contributed by atoms with Crippen LogP contribution in [0, 0.1) is 0 Å². The second-order valence-electron chi connectivity index (χ2n) is 8.98. The summed E-state index contributed by atoms with van der Waals surface area (Å²) in [6.07, 6.45) is -5.66. The molecule has 1 aromatic heterocycles. The first-order valence-corrected chi connectivity index (χ1v) is 12.1. The molecule has 0 aliphatic carbocycles. The highest BCUT2D eigenvalue weighted by atomic mass is 19.4. The Morgan fingerprint density at radius 2 is 1.85 bits per heavy atom. The molecule has 0 radical (unpaired) electrons. The second-order valence-corrected chi connectivity index (χ2v) is 8.98. The van der Waals surface area contributed by atoms with Crippen LogP contribution in [0.1, 0.15) is 22.4 Å². The predicted octanol–water partition coefficient (Wildman–Crippen LogP) is 3.40. The van der Waals surface area contributed by atoms with Crippen LogP contribution in [0.3, 0.4) is 0 Å². The van der Waals surface area contributed by atoms with Crippen molar-refractivity contribution < 1.29 is 27.4 Å². The van der Waals surface area contributed by atoms with Gasteiger partial charge in [0.1, 0.15) is 5.69 Å². The number of halogens is 3. The largest absolute Gasteiger partial charge is 0.769 e. The smallest absolute Gasteiger partial charge is 0.417 e. The third-order valence-electron chi connectivity index (χ3n) is 6.34. The molecule has 206 valence electrons. The lowest BCUT2D eigenvalue weighted by Gasteiger charge is -2.41. The third kappa shape index (κ3) is 5.50. The normalized spacial score (nSPS) is 17.8. The SMILES string of the molecule is COC1CN(c2cc(C(F)(F)F)cnc2C(=[N-])O/C(N)=N/[C@H]2N=C(c3ccccc3)c3ccccc3NC2=O)C1. The summed E-state index contributed by atoms with van der Waals surface area (Å²) in [6, 6.07) is 16.4. The molecule has 1 fully saturated rings. The van der Waals surface area contributed by atoms with Crippen LogP contribution in [-0.2, 0) is 20.4 Å². The van der Waals surface area contributed by atoms with E-state index < -0.39 is 35.7 Å². The highest BCUT2D eigenvalue weighted by Crippen LogP contribution is 2.34. The summed E-state index contributed by atoms with van der Waals surface area (Å²) in [4.78, 5) is 26.9. The Bertz CT molecular complexity index is 1500. The average Bonchev–Trinajstić information content (AvgIpc) is 3.04. The Hall–Kier alpha value is -4.78. The number of anilines is 2. The molecule has 10 nitrogen and oxygen atoms in total. The number of benzene rings is 2. The number of para-hydroxylation sites is 1. The van der Waals surface area contributed by atoms with Crippen molar-refractivity contribution in [1.82, 2.24) is 4.98 Å². The quantitative estimate of drug-likeness (QED) is 0.369. The number of pyridine rings is 1. The van der Waals surface area contributed by atoms with Gasteiger partial charge in [0.15, 0.2) is 0 Å². The number of aliphatic imine (C=N–C) groups is 2. The van der Waals surface area contributed by atoms with E-state index in [-0.39, 0.29) is 30.6 Å². The lowest BCUT2D eigenvalue weighted by Crippen LogP contribution is -2.52. The number of nitrogens with one attached hydrogen (secondary N) is 1. The maximum atomic E-state index is 13.3. The maximum absolute atomic E-state index is 13.3. The van der Waals surface area contributed by atoms with Crippen molar-refractivity contribution in [3.05, 3.63) is 94.7 Å². The van der Waals surface area contributed by atoms with Crippen molar-refractivity contribution in [2.75, 3.05) is 30.4 Å². The fourth-order valence-electron chi connectivity index (χ4n) is 4.25. The Labute approximate surface area is 226 Å². The second kappa shape index (κ2) is 10.8. The van der Waals surface area contributed by atoms with Gasteiger partial charge in [0.05, 0.1) is 28.8 Å². The van der Waals surface area contributed by atoms with Crippen LogP contribution in [0.2, 0.25) is 0 Å². The number of carbonyl (C=O) groups excluding carboxylic acids is 1. The van der Waals surface area contributed by atoms with Crippen molar-refractivity contribution in [2.45, 2.75) is 18.4 Å². The highest BCUT2D eigenvalue weighted by molar-refractivity contribution is 6.19. The summed E-state index contributed by atoms with van der Waals surface area (Å²) >= 11 is 0. The molecule has 0 unspecified atom stereocenters. The molecule has 40 heavy (non-hydrogen) atoms. The number of rotatable bonds is 5. The molecule has 2 aliphatic rings. The van der Waals surface area contributed by atoms with E-state index in [1.807, 2.05) is 30.3 Å². The van der Waals surface area contributed by atoms with Crippen molar-refractivity contribution in [3.8, 4) is 0 Å². The number of hydrogen-bond donors (Lipinski definition) is 2. The minimum atomic E-state index is -4.65. The van der Waals surface area contributed by atoms with Gasteiger partial charge in [0.25, 0.3) is 11.9 Å². The van der Waals surface area contributed by atoms with Crippen molar-refractivity contribution in [3.63, 3.8) is 0 Å². The Balaban J connectivity index is 1.44. The molecule has 3 aromatic rings. The van der Waals surface area contributed by atoms with Gasteiger partial charge in [-0.2, -0.15) is 18.2 Å². The van der Waals surface area contributed by atoms with E-state index in [4.69, 9.17) is 15.2 Å². The van der Waals surface area contributed by atoms with Gasteiger partial charge in [-0.15, -0.1) is 0 Å². The topological polar surface area (TPSA) is 137 Å². The lowest BCUT2D eigenvalue weighted by molar-refractivity contribution is -0.137. The number of nitrogens with zero attached hydrogens (tertiary/aromatic N) is 5. The molecule has 2 aliphatic heterocycles. The monoisotopic (exact) mass is 550 g/mol. The van der Waals surface area contributed by atoms with Gasteiger partial charge in [0, 0.05) is 43.4 Å². The summed E-state index contributed by atoms with van der Waals surface area (Å²) in [5, 5.41) is 13.4. The Morgan fingerprint density at radius 1 is 1.15 bits per heavy atom. The minimum Gasteiger partial charge on any atom is -0.769 e. The van der Waals surface area contributed by atoms with Gasteiger partial charge in [-0.1, -0.05) is 48.5 Å². The molecule has 13 heteroatoms. The van der Waals surface area contributed by atoms with E-state index in [0.29, 0.717) is 23.2 Å². The number of methoxy groups -OCH3 is 1. The number of fused-ring (bicyclic) bond motifs is 1. The van der Waals surface area contributed by atoms with Crippen molar-refractivity contribution in [1.29, 1.82) is 0 Å². The zero-order valence-electron chi connectivity index (χ0n) is 21.1. The molecule has 3 N–H and O–H groups in total. The first-order chi connectivity index (χ1) is 19.1. The average molecular weight is 551 g/mol. The zero-order valence-corrected chi connectivity index (χ0v) is 21.1. The number of amides is 1. The first kappa shape index (κ1) is 26.8. The van der Waals surface area contributed by atoms with Crippen LogP contribution in [0.25, 0.3) is 5.41 Å². The molecular weight excluding hydrogens is 527 g/mol. The zero-order chi connectivity index (χ0) is 28.4. The molecule has 5 rings (SSSR count). The fraction of sp³-hybridized carbons (Fsp3) is 0.222. The van der Waals surface area contributed by atoms with Gasteiger partial charge in [-0.05, 0) is 12.1 Å². The third-order valence-corrected chi connectivity index (χ3v) is 6.34. The summed E-state index contributed by atoms with van der Waals surface area (Å²) < 4.78 is 50.5. The van der Waals surface area contributed by atoms with Crippen LogP contribution >= 0.6 is 0 Å². The molecule has 1 saturated heterocycles. The van der Waals surface area contributed by atoms with Crippen LogP contribution in [-0.4, -0.2) is 61.0 Å². The van der Waals surface area contributed by atoms with E-state index >= 15 is 0 Å². The maximum Gasteiger partial charge on any atom is 0.417 e. The number of nitrogens with two attached hydrogens (primary N) is 1. The molecule has 1 amide bonds. The Morgan fingerprint density at radius 3 is 2.55 bits per heavy atom.